The Labute approximate surface area is 140 Å². The van der Waals surface area contributed by atoms with Crippen molar-refractivity contribution in [3.05, 3.63) is 76.7 Å². The standard InChI is InChI=1S/C19H17NO2S/c1-13-11-18(23)19(21)17(22-13)12-20-16-9-7-15(8-10-16)14-5-3-2-4-6-14/h2-11,20-21H,12H2,1H3. The molecule has 0 aliphatic rings. The fourth-order valence-electron chi connectivity index (χ4n) is 2.38. The summed E-state index contributed by atoms with van der Waals surface area (Å²) < 4.78 is 5.93. The van der Waals surface area contributed by atoms with Crippen LogP contribution in [0.5, 0.6) is 5.75 Å². The monoisotopic (exact) mass is 323 g/mol. The fourth-order valence-corrected chi connectivity index (χ4v) is 2.66. The van der Waals surface area contributed by atoms with Gasteiger partial charge in [0.15, 0.2) is 11.5 Å². The molecule has 0 amide bonds. The Morgan fingerprint density at radius 3 is 2.35 bits per heavy atom. The van der Waals surface area contributed by atoms with Gasteiger partial charge in [0.05, 0.1) is 11.1 Å². The van der Waals surface area contributed by atoms with Gasteiger partial charge < -0.3 is 14.8 Å². The lowest BCUT2D eigenvalue weighted by molar-refractivity contribution is 0.395. The van der Waals surface area contributed by atoms with Crippen LogP contribution in [0.4, 0.5) is 5.69 Å². The maximum Gasteiger partial charge on any atom is 0.174 e. The molecule has 3 rings (SSSR count). The molecular formula is C19H17NO2S. The molecule has 0 unspecified atom stereocenters. The van der Waals surface area contributed by atoms with Gasteiger partial charge in [0.2, 0.25) is 0 Å². The molecule has 23 heavy (non-hydrogen) atoms. The van der Waals surface area contributed by atoms with E-state index < -0.39 is 0 Å². The highest BCUT2D eigenvalue weighted by atomic mass is 32.1. The topological polar surface area (TPSA) is 45.4 Å². The van der Waals surface area contributed by atoms with E-state index >= 15 is 0 Å². The van der Waals surface area contributed by atoms with Crippen molar-refractivity contribution in [1.82, 2.24) is 0 Å². The number of benzene rings is 2. The predicted molar refractivity (Wildman–Crippen MR) is 95.1 cm³/mol. The van der Waals surface area contributed by atoms with Gasteiger partial charge in [0.25, 0.3) is 0 Å². The quantitative estimate of drug-likeness (QED) is 0.639. The zero-order chi connectivity index (χ0) is 16.2. The molecule has 3 aromatic rings. The van der Waals surface area contributed by atoms with E-state index in [-0.39, 0.29) is 5.75 Å². The lowest BCUT2D eigenvalue weighted by Crippen LogP contribution is -2.00. The number of aromatic hydroxyl groups is 1. The largest absolute Gasteiger partial charge is 0.503 e. The van der Waals surface area contributed by atoms with Gasteiger partial charge in [-0.25, -0.2) is 0 Å². The number of hydrogen-bond acceptors (Lipinski definition) is 4. The molecule has 0 saturated carbocycles. The molecule has 0 bridgehead atoms. The van der Waals surface area contributed by atoms with Crippen LogP contribution < -0.4 is 5.32 Å². The van der Waals surface area contributed by atoms with Crippen LogP contribution in [0.2, 0.25) is 0 Å². The van der Waals surface area contributed by atoms with Crippen molar-refractivity contribution in [1.29, 1.82) is 0 Å². The Balaban J connectivity index is 1.74. The van der Waals surface area contributed by atoms with Gasteiger partial charge in [-0.1, -0.05) is 54.7 Å². The number of nitrogens with one attached hydrogen (secondary N) is 1. The van der Waals surface area contributed by atoms with Crippen LogP contribution in [0, 0.1) is 11.4 Å². The van der Waals surface area contributed by atoms with Gasteiger partial charge in [-0.3, -0.25) is 0 Å². The summed E-state index contributed by atoms with van der Waals surface area (Å²) in [6.07, 6.45) is 0. The van der Waals surface area contributed by atoms with Crippen molar-refractivity contribution in [2.45, 2.75) is 13.5 Å². The van der Waals surface area contributed by atoms with Crippen LogP contribution in [0.1, 0.15) is 11.5 Å². The molecule has 0 spiro atoms. The third-order valence-electron chi connectivity index (χ3n) is 3.56. The van der Waals surface area contributed by atoms with Gasteiger partial charge in [-0.05, 0) is 36.2 Å². The fraction of sp³-hybridized carbons (Fsp3) is 0.105. The maximum absolute atomic E-state index is 9.95. The van der Waals surface area contributed by atoms with Crippen LogP contribution in [0.3, 0.4) is 0 Å². The number of rotatable bonds is 4. The summed E-state index contributed by atoms with van der Waals surface area (Å²) in [5.41, 5.74) is 3.29. The summed E-state index contributed by atoms with van der Waals surface area (Å²) in [6, 6.07) is 20.0. The Bertz CT molecular complexity index is 855. The van der Waals surface area contributed by atoms with E-state index in [1.165, 1.54) is 5.56 Å². The van der Waals surface area contributed by atoms with Gasteiger partial charge in [-0.2, -0.15) is 0 Å². The average molecular weight is 323 g/mol. The SMILES string of the molecule is Cc1cc(=S)c(O)c(CNc2ccc(-c3ccccc3)cc2)o1. The van der Waals surface area contributed by atoms with Crippen LogP contribution in [-0.4, -0.2) is 5.11 Å². The van der Waals surface area contributed by atoms with E-state index in [2.05, 4.69) is 29.6 Å². The smallest absolute Gasteiger partial charge is 0.174 e. The second-order valence-electron chi connectivity index (χ2n) is 5.29. The predicted octanol–water partition coefficient (Wildman–Crippen LogP) is 5.30. The molecule has 1 aromatic heterocycles. The summed E-state index contributed by atoms with van der Waals surface area (Å²) in [4.78, 5) is 0. The van der Waals surface area contributed by atoms with Crippen LogP contribution in [-0.2, 0) is 6.54 Å². The first-order valence-corrected chi connectivity index (χ1v) is 7.76. The summed E-state index contributed by atoms with van der Waals surface area (Å²) in [7, 11) is 0. The molecule has 2 N–H and O–H groups in total. The van der Waals surface area contributed by atoms with Crippen molar-refractivity contribution < 1.29 is 9.52 Å². The molecule has 0 aliphatic carbocycles. The van der Waals surface area contributed by atoms with Crippen LogP contribution in [0.15, 0.2) is 65.1 Å². The summed E-state index contributed by atoms with van der Waals surface area (Å²) >= 11 is 5.09. The molecule has 116 valence electrons. The lowest BCUT2D eigenvalue weighted by Gasteiger charge is -2.09. The van der Waals surface area contributed by atoms with E-state index in [4.69, 9.17) is 16.6 Å². The molecule has 0 saturated heterocycles. The molecule has 2 aromatic carbocycles. The molecule has 4 heteroatoms. The van der Waals surface area contributed by atoms with Gasteiger partial charge in [0, 0.05) is 5.69 Å². The van der Waals surface area contributed by atoms with Gasteiger partial charge in [0.1, 0.15) is 5.76 Å². The first-order valence-electron chi connectivity index (χ1n) is 7.35. The van der Waals surface area contributed by atoms with Crippen LogP contribution in [0.25, 0.3) is 11.1 Å². The van der Waals surface area contributed by atoms with E-state index in [0.29, 0.717) is 22.6 Å². The molecule has 3 nitrogen and oxygen atoms in total. The summed E-state index contributed by atoms with van der Waals surface area (Å²) in [5, 5.41) is 13.2. The second kappa shape index (κ2) is 6.67. The van der Waals surface area contributed by atoms with Crippen molar-refractivity contribution in [3.63, 3.8) is 0 Å². The Morgan fingerprint density at radius 1 is 1.00 bits per heavy atom. The van der Waals surface area contributed by atoms with Crippen molar-refractivity contribution >= 4 is 17.9 Å². The Morgan fingerprint density at radius 2 is 1.65 bits per heavy atom. The van der Waals surface area contributed by atoms with Crippen molar-refractivity contribution in [2.75, 3.05) is 5.32 Å². The molecule has 0 radical (unpaired) electrons. The Hall–Kier alpha value is -2.59. The second-order valence-corrected chi connectivity index (χ2v) is 5.73. The molecule has 1 heterocycles. The maximum atomic E-state index is 9.95. The minimum Gasteiger partial charge on any atom is -0.503 e. The van der Waals surface area contributed by atoms with Crippen molar-refractivity contribution in [3.8, 4) is 16.9 Å². The van der Waals surface area contributed by atoms with E-state index in [1.54, 1.807) is 6.07 Å². The summed E-state index contributed by atoms with van der Waals surface area (Å²) in [6.45, 7) is 2.19. The Kier molecular flexibility index (Phi) is 4.44. The molecule has 0 fully saturated rings. The van der Waals surface area contributed by atoms with Gasteiger partial charge in [-0.15, -0.1) is 0 Å². The normalized spacial score (nSPS) is 10.5. The minimum absolute atomic E-state index is 0.0269. The lowest BCUT2D eigenvalue weighted by atomic mass is 10.1. The van der Waals surface area contributed by atoms with E-state index in [1.807, 2.05) is 37.3 Å². The molecule has 0 aliphatic heterocycles. The number of aryl methyl sites for hydroxylation is 1. The highest BCUT2D eigenvalue weighted by Gasteiger charge is 2.07. The molecule has 0 atom stereocenters. The molecular weight excluding hydrogens is 306 g/mol. The minimum atomic E-state index is 0.0269. The van der Waals surface area contributed by atoms with E-state index in [9.17, 15) is 5.11 Å². The number of hydrogen-bond donors (Lipinski definition) is 2. The number of anilines is 1. The summed E-state index contributed by atoms with van der Waals surface area (Å²) in [5.74, 6) is 1.16. The van der Waals surface area contributed by atoms with Gasteiger partial charge >= 0.3 is 0 Å². The van der Waals surface area contributed by atoms with Crippen LogP contribution >= 0.6 is 12.2 Å². The van der Waals surface area contributed by atoms with E-state index in [0.717, 1.165) is 11.3 Å². The highest BCUT2D eigenvalue weighted by molar-refractivity contribution is 7.71. The highest BCUT2D eigenvalue weighted by Crippen LogP contribution is 2.24. The average Bonchev–Trinajstić information content (AvgIpc) is 2.58. The first-order chi connectivity index (χ1) is 11.1. The van der Waals surface area contributed by atoms with Crippen molar-refractivity contribution in [2.24, 2.45) is 0 Å². The third kappa shape index (κ3) is 3.60. The zero-order valence-corrected chi connectivity index (χ0v) is 13.6. The zero-order valence-electron chi connectivity index (χ0n) is 12.7. The first kappa shape index (κ1) is 15.3. The third-order valence-corrected chi connectivity index (χ3v) is 3.87.